The number of thiol groups is 2. The fourth-order valence-corrected chi connectivity index (χ4v) is 0.368. The van der Waals surface area contributed by atoms with E-state index in [9.17, 15) is 4.79 Å². The number of rotatable bonds is 0. The molecule has 0 bridgehead atoms. The zero-order valence-corrected chi connectivity index (χ0v) is 5.64. The summed E-state index contributed by atoms with van der Waals surface area (Å²) in [6.45, 7) is 0. The van der Waals surface area contributed by atoms with Gasteiger partial charge in [0.1, 0.15) is 0 Å². The number of nitrogens with zero attached hydrogens (tertiary/aromatic N) is 2. The highest BCUT2D eigenvalue weighted by atomic mass is 32.1. The van der Waals surface area contributed by atoms with Crippen LogP contribution in [0.25, 0.3) is 0 Å². The van der Waals surface area contributed by atoms with Crippen LogP contribution in [0.3, 0.4) is 0 Å². The summed E-state index contributed by atoms with van der Waals surface area (Å²) in [7, 11) is 0. The molecule has 4 N–H and O–H groups in total. The summed E-state index contributed by atoms with van der Waals surface area (Å²) in [6, 6.07) is -0.698. The van der Waals surface area contributed by atoms with Crippen molar-refractivity contribution in [3.05, 3.63) is 0 Å². The summed E-state index contributed by atoms with van der Waals surface area (Å²) in [5.41, 5.74) is 0. The van der Waals surface area contributed by atoms with Gasteiger partial charge in [-0.2, -0.15) is 0 Å². The first-order valence-corrected chi connectivity index (χ1v) is 2.37. The molecule has 0 aromatic carbocycles. The van der Waals surface area contributed by atoms with Gasteiger partial charge in [0.05, 0.1) is 0 Å². The van der Waals surface area contributed by atoms with E-state index in [1.54, 1.807) is 0 Å². The third kappa shape index (κ3) is 2.26. The minimum atomic E-state index is -0.698. The fraction of sp³-hybridized carbons (Fsp3) is 0. The van der Waals surface area contributed by atoms with Crippen molar-refractivity contribution in [1.29, 1.82) is 0 Å². The molecule has 0 atom stereocenters. The van der Waals surface area contributed by atoms with Gasteiger partial charge in [0.2, 0.25) is 0 Å². The van der Waals surface area contributed by atoms with Crippen molar-refractivity contribution < 1.29 is 4.79 Å². The molecule has 0 heterocycles. The van der Waals surface area contributed by atoms with Crippen molar-refractivity contribution >= 4 is 31.7 Å². The van der Waals surface area contributed by atoms with Crippen molar-refractivity contribution in [3.63, 3.8) is 0 Å². The van der Waals surface area contributed by atoms with Crippen LogP contribution in [0.2, 0.25) is 0 Å². The van der Waals surface area contributed by atoms with E-state index in [1.807, 2.05) is 0 Å². The maximum atomic E-state index is 10.3. The lowest BCUT2D eigenvalue weighted by Gasteiger charge is -2.12. The van der Waals surface area contributed by atoms with Gasteiger partial charge >= 0.3 is 6.03 Å². The third-order valence-corrected chi connectivity index (χ3v) is 0.734. The van der Waals surface area contributed by atoms with Gasteiger partial charge in [-0.3, -0.25) is 0 Å². The summed E-state index contributed by atoms with van der Waals surface area (Å²) < 4.78 is 1.04. The Morgan fingerprint density at radius 2 is 1.50 bits per heavy atom. The van der Waals surface area contributed by atoms with Gasteiger partial charge in [-0.25, -0.2) is 25.3 Å². The normalized spacial score (nSPS) is 8.50. The summed E-state index contributed by atoms with van der Waals surface area (Å²) in [5.74, 6) is 9.63. The molecular weight excluding hydrogens is 148 g/mol. The maximum absolute atomic E-state index is 10.3. The van der Waals surface area contributed by atoms with E-state index in [0.29, 0.717) is 8.83 Å². The van der Waals surface area contributed by atoms with Crippen LogP contribution >= 0.6 is 25.6 Å². The Labute approximate surface area is 57.6 Å². The Balaban J connectivity index is 3.65. The number of carbonyl (C=O) groups excluding carboxylic acids is 1. The molecule has 8 heavy (non-hydrogen) atoms. The van der Waals surface area contributed by atoms with E-state index in [4.69, 9.17) is 11.7 Å². The molecule has 0 aromatic heterocycles. The molecule has 0 spiro atoms. The zero-order valence-electron chi connectivity index (χ0n) is 3.85. The smallest absolute Gasteiger partial charge is 0.243 e. The molecular formula is CH6N4OS2. The van der Waals surface area contributed by atoms with Crippen molar-refractivity contribution in [2.75, 3.05) is 0 Å². The second-order valence-electron chi connectivity index (χ2n) is 0.972. The molecule has 0 rings (SSSR count). The summed E-state index contributed by atoms with van der Waals surface area (Å²) in [4.78, 5) is 10.3. The molecule has 0 fully saturated rings. The second kappa shape index (κ2) is 3.02. The van der Waals surface area contributed by atoms with Crippen LogP contribution in [0.15, 0.2) is 0 Å². The Morgan fingerprint density at radius 1 is 1.25 bits per heavy atom. The van der Waals surface area contributed by atoms with Crippen LogP contribution in [-0.2, 0) is 0 Å². The number of amides is 2. The molecule has 5 nitrogen and oxygen atoms in total. The monoisotopic (exact) mass is 154 g/mol. The average molecular weight is 154 g/mol. The van der Waals surface area contributed by atoms with E-state index >= 15 is 0 Å². The number of urea groups is 1. The van der Waals surface area contributed by atoms with Gasteiger partial charge in [-0.1, -0.05) is 0 Å². The van der Waals surface area contributed by atoms with Gasteiger partial charge in [-0.15, -0.1) is 0 Å². The Kier molecular flexibility index (Phi) is 2.98. The molecule has 0 aliphatic heterocycles. The molecule has 2 amide bonds. The minimum Gasteiger partial charge on any atom is -0.243 e. The van der Waals surface area contributed by atoms with Gasteiger partial charge in [-0.05, 0) is 25.6 Å². The maximum Gasteiger partial charge on any atom is 0.368 e. The molecule has 0 aliphatic carbocycles. The highest BCUT2D eigenvalue weighted by Crippen LogP contribution is 1.91. The van der Waals surface area contributed by atoms with Crippen LogP contribution in [0.1, 0.15) is 0 Å². The first-order chi connectivity index (χ1) is 3.55. The predicted octanol–water partition coefficient (Wildman–Crippen LogP) is -0.853. The van der Waals surface area contributed by atoms with Gasteiger partial charge in [0.15, 0.2) is 0 Å². The topological polar surface area (TPSA) is 75.6 Å². The number of carbonyl (C=O) groups is 1. The van der Waals surface area contributed by atoms with Crippen LogP contribution in [-0.4, -0.2) is 14.9 Å². The van der Waals surface area contributed by atoms with Crippen LogP contribution in [0, 0.1) is 0 Å². The fourth-order valence-electron chi connectivity index (χ4n) is 0.105. The van der Waals surface area contributed by atoms with Crippen molar-refractivity contribution in [2.45, 2.75) is 0 Å². The molecule has 0 unspecified atom stereocenters. The Hall–Kier alpha value is -0.110. The van der Waals surface area contributed by atoms with Gasteiger partial charge in [0, 0.05) is 0 Å². The first kappa shape index (κ1) is 7.89. The standard InChI is InChI=1S/CH6N4OS2/c2-4(7)1(6)5(3)8/h7-8H,2-3H2. The second-order valence-corrected chi connectivity index (χ2v) is 1.83. The van der Waals surface area contributed by atoms with Crippen LogP contribution < -0.4 is 11.7 Å². The van der Waals surface area contributed by atoms with Crippen molar-refractivity contribution in [1.82, 2.24) is 8.83 Å². The van der Waals surface area contributed by atoms with E-state index in [0.717, 1.165) is 0 Å². The Bertz CT molecular complexity index is 82.0. The molecule has 0 saturated heterocycles. The lowest BCUT2D eigenvalue weighted by atomic mass is 11.1. The van der Waals surface area contributed by atoms with Crippen molar-refractivity contribution in [3.8, 4) is 0 Å². The number of hydrazine groups is 2. The molecule has 48 valence electrons. The molecule has 0 aromatic rings. The highest BCUT2D eigenvalue weighted by molar-refractivity contribution is 7.79. The van der Waals surface area contributed by atoms with Crippen molar-refractivity contribution in [2.24, 2.45) is 11.7 Å². The predicted molar refractivity (Wildman–Crippen MR) is 35.4 cm³/mol. The summed E-state index contributed by atoms with van der Waals surface area (Å²) in [6.07, 6.45) is 0. The SMILES string of the molecule is NN(S)C(=O)N(N)S. The van der Waals surface area contributed by atoms with Gasteiger partial charge in [0.25, 0.3) is 0 Å². The first-order valence-electron chi connectivity index (χ1n) is 1.57. The number of nitrogens with two attached hydrogens (primary N) is 2. The molecule has 7 heteroatoms. The van der Waals surface area contributed by atoms with Gasteiger partial charge < -0.3 is 0 Å². The molecule has 0 radical (unpaired) electrons. The zero-order chi connectivity index (χ0) is 6.73. The number of hydrogen-bond acceptors (Lipinski definition) is 5. The van der Waals surface area contributed by atoms with E-state index in [1.165, 1.54) is 0 Å². The molecule has 0 aliphatic rings. The minimum absolute atomic E-state index is 0.521. The average Bonchev–Trinajstić information content (AvgIpc) is 1.64. The Morgan fingerprint density at radius 3 is 1.50 bits per heavy atom. The third-order valence-electron chi connectivity index (χ3n) is 0.392. The lowest BCUT2D eigenvalue weighted by Crippen LogP contribution is -2.40. The van der Waals surface area contributed by atoms with Crippen LogP contribution in [0.5, 0.6) is 0 Å². The van der Waals surface area contributed by atoms with E-state index < -0.39 is 6.03 Å². The largest absolute Gasteiger partial charge is 0.368 e. The number of hydrogen-bond donors (Lipinski definition) is 4. The van der Waals surface area contributed by atoms with E-state index in [-0.39, 0.29) is 0 Å². The quantitative estimate of drug-likeness (QED) is 0.159. The molecule has 0 saturated carbocycles. The summed E-state index contributed by atoms with van der Waals surface area (Å²) in [5, 5.41) is 0. The summed E-state index contributed by atoms with van der Waals surface area (Å²) >= 11 is 6.85. The lowest BCUT2D eigenvalue weighted by molar-refractivity contribution is 0.211. The highest BCUT2D eigenvalue weighted by Gasteiger charge is 2.07. The van der Waals surface area contributed by atoms with Crippen LogP contribution in [0.4, 0.5) is 4.79 Å². The van der Waals surface area contributed by atoms with E-state index in [2.05, 4.69) is 25.6 Å².